The van der Waals surface area contributed by atoms with Gasteiger partial charge in [-0.2, -0.15) is 0 Å². The van der Waals surface area contributed by atoms with Crippen LogP contribution in [0.15, 0.2) is 59.5 Å². The second kappa shape index (κ2) is 7.72. The molecular weight excluding hydrogens is 286 g/mol. The molecule has 106 valence electrons. The standard InChI is InChI=1S/C17H20ClNS/c1-3-15(20-16-12-8-7-11-14(16)18)17(19-2)13-9-5-4-6-10-13/h4-12,15,17,19H,3H2,1-2H3. The third kappa shape index (κ3) is 3.78. The molecule has 2 unspecified atom stereocenters. The first kappa shape index (κ1) is 15.4. The van der Waals surface area contributed by atoms with E-state index in [-0.39, 0.29) is 0 Å². The van der Waals surface area contributed by atoms with Crippen LogP contribution in [0.4, 0.5) is 0 Å². The van der Waals surface area contributed by atoms with Crippen molar-refractivity contribution in [3.05, 3.63) is 65.2 Å². The van der Waals surface area contributed by atoms with Gasteiger partial charge in [0.25, 0.3) is 0 Å². The molecule has 0 saturated carbocycles. The van der Waals surface area contributed by atoms with E-state index < -0.39 is 0 Å². The number of thioether (sulfide) groups is 1. The van der Waals surface area contributed by atoms with Crippen LogP contribution >= 0.6 is 23.4 Å². The first-order valence-corrected chi connectivity index (χ1v) is 8.15. The Balaban J connectivity index is 2.20. The molecular formula is C17H20ClNS. The predicted octanol–water partition coefficient (Wildman–Crippen LogP) is 5.17. The smallest absolute Gasteiger partial charge is 0.0541 e. The van der Waals surface area contributed by atoms with Gasteiger partial charge in [-0.25, -0.2) is 0 Å². The maximum Gasteiger partial charge on any atom is 0.0541 e. The van der Waals surface area contributed by atoms with Crippen LogP contribution in [-0.4, -0.2) is 12.3 Å². The molecule has 0 saturated heterocycles. The van der Waals surface area contributed by atoms with Crippen LogP contribution in [-0.2, 0) is 0 Å². The van der Waals surface area contributed by atoms with E-state index in [0.29, 0.717) is 11.3 Å². The number of rotatable bonds is 6. The molecule has 2 aromatic carbocycles. The highest BCUT2D eigenvalue weighted by Crippen LogP contribution is 2.37. The van der Waals surface area contributed by atoms with Gasteiger partial charge >= 0.3 is 0 Å². The first-order chi connectivity index (χ1) is 9.76. The summed E-state index contributed by atoms with van der Waals surface area (Å²) in [6.07, 6.45) is 1.08. The summed E-state index contributed by atoms with van der Waals surface area (Å²) in [6, 6.07) is 19.0. The van der Waals surface area contributed by atoms with E-state index in [1.54, 1.807) is 0 Å². The van der Waals surface area contributed by atoms with Gasteiger partial charge in [-0.15, -0.1) is 11.8 Å². The van der Waals surface area contributed by atoms with Gasteiger partial charge in [-0.05, 0) is 31.2 Å². The van der Waals surface area contributed by atoms with Crippen LogP contribution in [0.3, 0.4) is 0 Å². The Hall–Kier alpha value is -0.960. The number of hydrogen-bond donors (Lipinski definition) is 1. The lowest BCUT2D eigenvalue weighted by atomic mass is 10.0. The fourth-order valence-electron chi connectivity index (χ4n) is 2.32. The molecule has 0 heterocycles. The van der Waals surface area contributed by atoms with E-state index in [1.807, 2.05) is 37.0 Å². The Labute approximate surface area is 130 Å². The minimum absolute atomic E-state index is 0.322. The normalized spacial score (nSPS) is 13.9. The lowest BCUT2D eigenvalue weighted by Gasteiger charge is -2.26. The fraction of sp³-hybridized carbons (Fsp3) is 0.294. The highest BCUT2D eigenvalue weighted by molar-refractivity contribution is 8.00. The summed E-state index contributed by atoms with van der Waals surface area (Å²) in [7, 11) is 2.02. The molecule has 0 aliphatic rings. The van der Waals surface area contributed by atoms with E-state index in [9.17, 15) is 0 Å². The summed E-state index contributed by atoms with van der Waals surface area (Å²) in [5.74, 6) is 0. The van der Waals surface area contributed by atoms with Gasteiger partial charge in [0, 0.05) is 16.2 Å². The van der Waals surface area contributed by atoms with Gasteiger partial charge < -0.3 is 5.32 Å². The number of halogens is 1. The lowest BCUT2D eigenvalue weighted by molar-refractivity contribution is 0.556. The Morgan fingerprint density at radius 3 is 2.30 bits per heavy atom. The summed E-state index contributed by atoms with van der Waals surface area (Å²) in [5, 5.41) is 4.72. The van der Waals surface area contributed by atoms with Crippen LogP contribution in [0.25, 0.3) is 0 Å². The molecule has 0 spiro atoms. The molecule has 2 rings (SSSR count). The Kier molecular flexibility index (Phi) is 5.96. The second-order valence-electron chi connectivity index (χ2n) is 4.67. The molecule has 1 nitrogen and oxygen atoms in total. The van der Waals surface area contributed by atoms with Crippen molar-refractivity contribution in [2.45, 2.75) is 29.5 Å². The summed E-state index contributed by atoms with van der Waals surface area (Å²) >= 11 is 8.13. The van der Waals surface area contributed by atoms with Crippen molar-refractivity contribution in [1.29, 1.82) is 0 Å². The van der Waals surface area contributed by atoms with Gasteiger partial charge in [0.15, 0.2) is 0 Å². The number of benzene rings is 2. The molecule has 2 aromatic rings. The molecule has 0 bridgehead atoms. The molecule has 0 amide bonds. The van der Waals surface area contributed by atoms with E-state index in [2.05, 4.69) is 48.6 Å². The second-order valence-corrected chi connectivity index (χ2v) is 6.36. The number of hydrogen-bond acceptors (Lipinski definition) is 2. The van der Waals surface area contributed by atoms with Crippen LogP contribution < -0.4 is 5.32 Å². The quantitative estimate of drug-likeness (QED) is 0.739. The SMILES string of the molecule is CCC(Sc1ccccc1Cl)C(NC)c1ccccc1. The topological polar surface area (TPSA) is 12.0 Å². The van der Waals surface area contributed by atoms with Crippen molar-refractivity contribution < 1.29 is 0 Å². The van der Waals surface area contributed by atoms with Crippen molar-refractivity contribution >= 4 is 23.4 Å². The summed E-state index contributed by atoms with van der Waals surface area (Å²) in [5.41, 5.74) is 1.32. The van der Waals surface area contributed by atoms with Crippen LogP contribution in [0.1, 0.15) is 24.9 Å². The van der Waals surface area contributed by atoms with Gasteiger partial charge in [0.05, 0.1) is 5.02 Å². The molecule has 0 aromatic heterocycles. The van der Waals surface area contributed by atoms with E-state index in [4.69, 9.17) is 11.6 Å². The summed E-state index contributed by atoms with van der Waals surface area (Å²) in [4.78, 5) is 1.15. The van der Waals surface area contributed by atoms with Gasteiger partial charge in [0.1, 0.15) is 0 Å². The Morgan fingerprint density at radius 1 is 1.05 bits per heavy atom. The largest absolute Gasteiger partial charge is 0.312 e. The lowest BCUT2D eigenvalue weighted by Crippen LogP contribution is -2.26. The molecule has 3 heteroatoms. The molecule has 2 atom stereocenters. The maximum atomic E-state index is 6.28. The Morgan fingerprint density at radius 2 is 1.70 bits per heavy atom. The van der Waals surface area contributed by atoms with Gasteiger partial charge in [0.2, 0.25) is 0 Å². The zero-order chi connectivity index (χ0) is 14.4. The third-order valence-electron chi connectivity index (χ3n) is 3.36. The molecule has 0 fully saturated rings. The van der Waals surface area contributed by atoms with E-state index in [1.165, 1.54) is 5.56 Å². The molecule has 0 aliphatic heterocycles. The molecule has 0 aliphatic carbocycles. The Bertz CT molecular complexity index is 530. The van der Waals surface area contributed by atoms with Crippen LogP contribution in [0, 0.1) is 0 Å². The number of nitrogens with one attached hydrogen (secondary N) is 1. The first-order valence-electron chi connectivity index (χ1n) is 6.89. The van der Waals surface area contributed by atoms with Gasteiger partial charge in [-0.3, -0.25) is 0 Å². The molecule has 20 heavy (non-hydrogen) atoms. The minimum atomic E-state index is 0.322. The van der Waals surface area contributed by atoms with Crippen molar-refractivity contribution in [2.75, 3.05) is 7.05 Å². The zero-order valence-electron chi connectivity index (χ0n) is 11.8. The van der Waals surface area contributed by atoms with Crippen LogP contribution in [0.5, 0.6) is 0 Å². The monoisotopic (exact) mass is 305 g/mol. The van der Waals surface area contributed by atoms with Crippen molar-refractivity contribution in [2.24, 2.45) is 0 Å². The minimum Gasteiger partial charge on any atom is -0.312 e. The predicted molar refractivity (Wildman–Crippen MR) is 89.6 cm³/mol. The van der Waals surface area contributed by atoms with Crippen molar-refractivity contribution in [3.63, 3.8) is 0 Å². The van der Waals surface area contributed by atoms with E-state index >= 15 is 0 Å². The average Bonchev–Trinajstić information content (AvgIpc) is 2.50. The molecule has 1 N–H and O–H groups in total. The van der Waals surface area contributed by atoms with Crippen molar-refractivity contribution in [1.82, 2.24) is 5.32 Å². The highest BCUT2D eigenvalue weighted by Gasteiger charge is 2.21. The zero-order valence-corrected chi connectivity index (χ0v) is 13.4. The fourth-order valence-corrected chi connectivity index (χ4v) is 3.85. The maximum absolute atomic E-state index is 6.28. The third-order valence-corrected chi connectivity index (χ3v) is 5.32. The summed E-state index contributed by atoms with van der Waals surface area (Å²) in [6.45, 7) is 2.22. The highest BCUT2D eigenvalue weighted by atomic mass is 35.5. The van der Waals surface area contributed by atoms with Gasteiger partial charge in [-0.1, -0.05) is 61.0 Å². The van der Waals surface area contributed by atoms with E-state index in [0.717, 1.165) is 16.3 Å². The summed E-state index contributed by atoms with van der Waals surface area (Å²) < 4.78 is 0. The van der Waals surface area contributed by atoms with Crippen molar-refractivity contribution in [3.8, 4) is 0 Å². The molecule has 0 radical (unpaired) electrons. The van der Waals surface area contributed by atoms with Crippen LogP contribution in [0.2, 0.25) is 5.02 Å². The average molecular weight is 306 g/mol.